The highest BCUT2D eigenvalue weighted by atomic mass is 28.5. The lowest BCUT2D eigenvalue weighted by Gasteiger charge is -2.39. The number of nitrogens with one attached hydrogen (secondary N) is 1. The van der Waals surface area contributed by atoms with Crippen LogP contribution in [0.5, 0.6) is 0 Å². The van der Waals surface area contributed by atoms with Gasteiger partial charge in [0.15, 0.2) is 16.6 Å². The standard InChI is InChI=1S/C16H37N3O6Si3/c1-9-22-16(21)19-18-15(20)14-17-12-11-13-28(23-10-2,24-26(3,4)5)25-27(6,7)8/h17H,9-14H2,1-8H3. The molecule has 0 aromatic rings. The first kappa shape index (κ1) is 27.2. The van der Waals surface area contributed by atoms with Gasteiger partial charge in [-0.15, -0.1) is 5.11 Å². The molecule has 0 fully saturated rings. The zero-order chi connectivity index (χ0) is 21.8. The average Bonchev–Trinajstić information content (AvgIpc) is 2.49. The predicted octanol–water partition coefficient (Wildman–Crippen LogP) is 3.78. The molecule has 0 heterocycles. The van der Waals surface area contributed by atoms with Crippen molar-refractivity contribution in [2.75, 3.05) is 26.3 Å². The van der Waals surface area contributed by atoms with E-state index in [0.717, 1.165) is 6.42 Å². The van der Waals surface area contributed by atoms with Crippen LogP contribution in [0.15, 0.2) is 10.2 Å². The van der Waals surface area contributed by atoms with Crippen LogP contribution in [0.25, 0.3) is 0 Å². The molecular formula is C16H37N3O6Si3. The Labute approximate surface area is 172 Å². The molecule has 0 aliphatic rings. The first-order chi connectivity index (χ1) is 12.8. The average molecular weight is 452 g/mol. The Hall–Kier alpha value is -0.769. The molecule has 1 N–H and O–H groups in total. The van der Waals surface area contributed by atoms with Crippen LogP contribution in [-0.4, -0.2) is 63.7 Å². The van der Waals surface area contributed by atoms with E-state index in [2.05, 4.69) is 59.6 Å². The quantitative estimate of drug-likeness (QED) is 0.258. The van der Waals surface area contributed by atoms with Crippen LogP contribution in [0.1, 0.15) is 20.3 Å². The number of azo groups is 1. The Morgan fingerprint density at radius 1 is 0.893 bits per heavy atom. The van der Waals surface area contributed by atoms with Crippen LogP contribution in [0.4, 0.5) is 4.79 Å². The summed E-state index contributed by atoms with van der Waals surface area (Å²) in [7, 11) is -6.50. The topological polar surface area (TPSA) is 108 Å². The van der Waals surface area contributed by atoms with Gasteiger partial charge in [0.05, 0.1) is 13.2 Å². The van der Waals surface area contributed by atoms with E-state index < -0.39 is 37.4 Å². The third-order valence-corrected chi connectivity index (χ3v) is 12.0. The highest BCUT2D eigenvalue weighted by molar-refractivity contribution is 6.85. The Bertz CT molecular complexity index is 505. The van der Waals surface area contributed by atoms with Gasteiger partial charge < -0.3 is 22.7 Å². The van der Waals surface area contributed by atoms with Gasteiger partial charge in [-0.25, -0.2) is 4.79 Å². The van der Waals surface area contributed by atoms with Gasteiger partial charge in [0, 0.05) is 12.7 Å². The molecule has 0 saturated heterocycles. The van der Waals surface area contributed by atoms with Crippen molar-refractivity contribution in [2.45, 2.75) is 65.6 Å². The fourth-order valence-electron chi connectivity index (χ4n) is 2.32. The van der Waals surface area contributed by atoms with E-state index in [0.29, 0.717) is 19.2 Å². The van der Waals surface area contributed by atoms with Crippen molar-refractivity contribution < 1.29 is 27.0 Å². The van der Waals surface area contributed by atoms with Crippen LogP contribution < -0.4 is 5.32 Å². The summed E-state index contributed by atoms with van der Waals surface area (Å²) in [5.74, 6) is -0.530. The SMILES string of the molecule is CCOC(=O)N=NC(=O)CNCCC[Si](OCC)(O[Si](C)(C)C)O[Si](C)(C)C. The van der Waals surface area contributed by atoms with E-state index >= 15 is 0 Å². The zero-order valence-corrected chi connectivity index (χ0v) is 21.6. The molecule has 0 saturated carbocycles. The van der Waals surface area contributed by atoms with Gasteiger partial charge in [0.25, 0.3) is 5.91 Å². The number of nitrogens with zero attached hydrogens (tertiary/aromatic N) is 2. The maximum Gasteiger partial charge on any atom is 0.480 e. The smallest absolute Gasteiger partial charge is 0.447 e. The molecule has 0 radical (unpaired) electrons. The normalized spacial score (nSPS) is 13.1. The molecule has 9 nitrogen and oxygen atoms in total. The van der Waals surface area contributed by atoms with E-state index in [9.17, 15) is 9.59 Å². The van der Waals surface area contributed by atoms with Crippen LogP contribution in [0.3, 0.4) is 0 Å². The fourth-order valence-corrected chi connectivity index (χ4v) is 12.8. The Kier molecular flexibility index (Phi) is 12.4. The lowest BCUT2D eigenvalue weighted by atomic mass is 10.4. The minimum atomic E-state index is -2.79. The fraction of sp³-hybridized carbons (Fsp3) is 0.875. The molecule has 0 atom stereocenters. The Balaban J connectivity index is 4.65. The molecule has 164 valence electrons. The first-order valence-electron chi connectivity index (χ1n) is 9.69. The molecule has 0 unspecified atom stereocenters. The number of carbonyl (C=O) groups is 2. The van der Waals surface area contributed by atoms with Gasteiger partial charge in [-0.1, -0.05) is 5.11 Å². The molecule has 0 aliphatic carbocycles. The molecule has 0 aliphatic heterocycles. The second-order valence-corrected chi connectivity index (χ2v) is 20.4. The Morgan fingerprint density at radius 2 is 1.46 bits per heavy atom. The van der Waals surface area contributed by atoms with E-state index in [1.54, 1.807) is 6.92 Å². The lowest BCUT2D eigenvalue weighted by molar-refractivity contribution is -0.117. The maximum absolute atomic E-state index is 11.6. The van der Waals surface area contributed by atoms with Crippen LogP contribution in [0, 0.1) is 0 Å². The first-order valence-corrected chi connectivity index (χ1v) is 18.4. The van der Waals surface area contributed by atoms with Crippen molar-refractivity contribution in [1.82, 2.24) is 5.32 Å². The molecular weight excluding hydrogens is 414 g/mol. The monoisotopic (exact) mass is 451 g/mol. The van der Waals surface area contributed by atoms with Gasteiger partial charge in [-0.3, -0.25) is 4.79 Å². The van der Waals surface area contributed by atoms with Gasteiger partial charge >= 0.3 is 14.9 Å². The van der Waals surface area contributed by atoms with Crippen molar-refractivity contribution in [1.29, 1.82) is 0 Å². The number of ether oxygens (including phenoxy) is 1. The molecule has 28 heavy (non-hydrogen) atoms. The van der Waals surface area contributed by atoms with Crippen LogP contribution in [0.2, 0.25) is 45.3 Å². The summed E-state index contributed by atoms with van der Waals surface area (Å²) < 4.78 is 23.5. The van der Waals surface area contributed by atoms with Crippen molar-refractivity contribution in [2.24, 2.45) is 10.2 Å². The molecule has 0 spiro atoms. The van der Waals surface area contributed by atoms with Crippen LogP contribution >= 0.6 is 0 Å². The molecule has 2 amide bonds. The van der Waals surface area contributed by atoms with E-state index in [-0.39, 0.29) is 13.2 Å². The van der Waals surface area contributed by atoms with Crippen LogP contribution in [-0.2, 0) is 22.2 Å². The maximum atomic E-state index is 11.6. The summed E-state index contributed by atoms with van der Waals surface area (Å²) in [4.78, 5) is 22.6. The lowest BCUT2D eigenvalue weighted by Crippen LogP contribution is -2.57. The van der Waals surface area contributed by atoms with Gasteiger partial charge in [0.1, 0.15) is 0 Å². The number of carbonyl (C=O) groups excluding carboxylic acids is 2. The predicted molar refractivity (Wildman–Crippen MR) is 115 cm³/mol. The van der Waals surface area contributed by atoms with Gasteiger partial charge in [-0.05, 0) is 66.1 Å². The number of rotatable bonds is 13. The summed E-state index contributed by atoms with van der Waals surface area (Å²) in [5, 5.41) is 9.50. The van der Waals surface area contributed by atoms with E-state index in [4.69, 9.17) is 12.7 Å². The van der Waals surface area contributed by atoms with E-state index in [1.807, 2.05) is 6.92 Å². The van der Waals surface area contributed by atoms with Crippen molar-refractivity contribution in [3.8, 4) is 0 Å². The highest BCUT2D eigenvalue weighted by Gasteiger charge is 2.46. The third kappa shape index (κ3) is 14.3. The number of hydrogen-bond acceptors (Lipinski definition) is 7. The number of amides is 2. The second-order valence-electron chi connectivity index (χ2n) is 8.12. The summed E-state index contributed by atoms with van der Waals surface area (Å²) in [5.41, 5.74) is 0. The van der Waals surface area contributed by atoms with E-state index in [1.165, 1.54) is 0 Å². The van der Waals surface area contributed by atoms with Gasteiger partial charge in [-0.2, -0.15) is 0 Å². The molecule has 0 rings (SSSR count). The molecule has 0 bridgehead atoms. The van der Waals surface area contributed by atoms with Crippen molar-refractivity contribution in [3.05, 3.63) is 0 Å². The summed E-state index contributed by atoms with van der Waals surface area (Å²) in [6.07, 6.45) is -0.126. The molecule has 0 aromatic heterocycles. The summed E-state index contributed by atoms with van der Waals surface area (Å²) >= 11 is 0. The zero-order valence-electron chi connectivity index (χ0n) is 18.6. The largest absolute Gasteiger partial charge is 0.480 e. The Morgan fingerprint density at radius 3 is 1.93 bits per heavy atom. The summed E-state index contributed by atoms with van der Waals surface area (Å²) in [6.45, 7) is 17.7. The third-order valence-electron chi connectivity index (χ3n) is 2.91. The highest BCUT2D eigenvalue weighted by Crippen LogP contribution is 2.26. The number of hydrogen-bond donors (Lipinski definition) is 1. The minimum absolute atomic E-state index is 0.00412. The van der Waals surface area contributed by atoms with Crippen molar-refractivity contribution >= 4 is 37.4 Å². The van der Waals surface area contributed by atoms with Gasteiger partial charge in [0.2, 0.25) is 0 Å². The minimum Gasteiger partial charge on any atom is -0.447 e. The molecule has 0 aromatic carbocycles. The molecule has 12 heteroatoms. The second kappa shape index (κ2) is 12.7. The van der Waals surface area contributed by atoms with Crippen molar-refractivity contribution in [3.63, 3.8) is 0 Å². The summed E-state index contributed by atoms with van der Waals surface area (Å²) in [6, 6.07) is 0.681.